The summed E-state index contributed by atoms with van der Waals surface area (Å²) in [4.78, 5) is 34.1. The third-order valence-corrected chi connectivity index (χ3v) is 8.81. The summed E-state index contributed by atoms with van der Waals surface area (Å²) in [6, 6.07) is 16.4. The zero-order valence-corrected chi connectivity index (χ0v) is 23.6. The number of piperidine rings is 1. The minimum absolute atomic E-state index is 0.0133. The van der Waals surface area contributed by atoms with Crippen molar-refractivity contribution in [3.8, 4) is 0 Å². The van der Waals surface area contributed by atoms with Crippen molar-refractivity contribution in [2.45, 2.75) is 70.4 Å². The van der Waals surface area contributed by atoms with Crippen LogP contribution < -0.4 is 5.32 Å². The Labute approximate surface area is 237 Å². The van der Waals surface area contributed by atoms with E-state index in [4.69, 9.17) is 11.6 Å². The highest BCUT2D eigenvalue weighted by Gasteiger charge is 2.30. The molecule has 0 spiro atoms. The fourth-order valence-corrected chi connectivity index (χ4v) is 6.42. The molecule has 2 heterocycles. The molecule has 6 nitrogen and oxygen atoms in total. The number of nitrogens with zero attached hydrogens (tertiary/aromatic N) is 2. The minimum Gasteiger partial charge on any atom is -0.361 e. The molecule has 3 aromatic rings. The Morgan fingerprint density at radius 3 is 2.51 bits per heavy atom. The number of benzene rings is 2. The van der Waals surface area contributed by atoms with Gasteiger partial charge in [0, 0.05) is 73.7 Å². The van der Waals surface area contributed by atoms with Gasteiger partial charge in [-0.25, -0.2) is 0 Å². The molecule has 1 aliphatic heterocycles. The predicted octanol–water partition coefficient (Wildman–Crippen LogP) is 5.94. The van der Waals surface area contributed by atoms with Gasteiger partial charge in [-0.15, -0.1) is 0 Å². The van der Waals surface area contributed by atoms with Gasteiger partial charge in [-0.1, -0.05) is 54.8 Å². The van der Waals surface area contributed by atoms with Crippen molar-refractivity contribution in [1.82, 2.24) is 20.1 Å². The Balaban J connectivity index is 1.13. The number of likely N-dealkylation sites (tertiary alicyclic amines) is 1. The van der Waals surface area contributed by atoms with Gasteiger partial charge in [0.2, 0.25) is 11.8 Å². The van der Waals surface area contributed by atoms with Crippen LogP contribution in [0.2, 0.25) is 5.02 Å². The second-order valence-corrected chi connectivity index (χ2v) is 11.7. The van der Waals surface area contributed by atoms with E-state index in [2.05, 4.69) is 50.6 Å². The van der Waals surface area contributed by atoms with E-state index in [1.807, 2.05) is 24.3 Å². The van der Waals surface area contributed by atoms with Gasteiger partial charge in [0.05, 0.1) is 0 Å². The van der Waals surface area contributed by atoms with Crippen molar-refractivity contribution in [1.29, 1.82) is 0 Å². The van der Waals surface area contributed by atoms with Gasteiger partial charge >= 0.3 is 0 Å². The zero-order chi connectivity index (χ0) is 27.0. The van der Waals surface area contributed by atoms with Gasteiger partial charge in [0.1, 0.15) is 0 Å². The second-order valence-electron chi connectivity index (χ2n) is 11.3. The Hall–Kier alpha value is -2.83. The average molecular weight is 549 g/mol. The normalized spacial score (nSPS) is 17.1. The highest BCUT2D eigenvalue weighted by Crippen LogP contribution is 2.29. The van der Waals surface area contributed by atoms with Gasteiger partial charge in [-0.3, -0.25) is 14.5 Å². The third-order valence-electron chi connectivity index (χ3n) is 8.55. The summed E-state index contributed by atoms with van der Waals surface area (Å²) in [6.07, 6.45) is 10.6. The molecule has 0 radical (unpaired) electrons. The van der Waals surface area contributed by atoms with Gasteiger partial charge in [-0.2, -0.15) is 0 Å². The maximum atomic E-state index is 13.5. The summed E-state index contributed by atoms with van der Waals surface area (Å²) in [6.45, 7) is 3.94. The number of carbonyl (C=O) groups excluding carboxylic acids is 2. The highest BCUT2D eigenvalue weighted by molar-refractivity contribution is 6.30. The van der Waals surface area contributed by atoms with E-state index in [0.717, 1.165) is 57.3 Å². The molecule has 0 unspecified atom stereocenters. The van der Waals surface area contributed by atoms with Crippen LogP contribution in [0.15, 0.2) is 54.7 Å². The number of carbonyl (C=O) groups is 2. The molecule has 2 aliphatic rings. The summed E-state index contributed by atoms with van der Waals surface area (Å²) in [5.74, 6) is 0.764. The maximum Gasteiger partial charge on any atom is 0.223 e. The largest absolute Gasteiger partial charge is 0.361 e. The Morgan fingerprint density at radius 2 is 1.74 bits per heavy atom. The smallest absolute Gasteiger partial charge is 0.223 e. The summed E-state index contributed by atoms with van der Waals surface area (Å²) >= 11 is 5.96. The first-order chi connectivity index (χ1) is 19.0. The molecular formula is C32H41ClN4O2. The lowest BCUT2D eigenvalue weighted by Crippen LogP contribution is -2.48. The Bertz CT molecular complexity index is 1230. The molecule has 1 saturated heterocycles. The van der Waals surface area contributed by atoms with E-state index in [1.165, 1.54) is 29.3 Å². The summed E-state index contributed by atoms with van der Waals surface area (Å²) in [5.41, 5.74) is 3.65. The van der Waals surface area contributed by atoms with Crippen molar-refractivity contribution >= 4 is 34.3 Å². The SMILES string of the molecule is O=C(CCN(C(=O)CC1CCCC1)C1CCN(Cc2c[nH]c3ccccc23)CC1)NCCc1ccc(Cl)cc1. The molecule has 0 atom stereocenters. The van der Waals surface area contributed by atoms with Crippen LogP contribution in [0.1, 0.15) is 62.5 Å². The molecule has 2 N–H and O–H groups in total. The molecule has 2 amide bonds. The van der Waals surface area contributed by atoms with Crippen molar-refractivity contribution in [2.24, 2.45) is 5.92 Å². The van der Waals surface area contributed by atoms with Gasteiger partial charge < -0.3 is 15.2 Å². The van der Waals surface area contributed by atoms with Crippen LogP contribution in [0, 0.1) is 5.92 Å². The monoisotopic (exact) mass is 548 g/mol. The number of aromatic amines is 1. The fourth-order valence-electron chi connectivity index (χ4n) is 6.29. The lowest BCUT2D eigenvalue weighted by Gasteiger charge is -2.39. The van der Waals surface area contributed by atoms with E-state index in [-0.39, 0.29) is 17.9 Å². The number of H-pyrrole nitrogens is 1. The van der Waals surface area contributed by atoms with Crippen LogP contribution in [0.3, 0.4) is 0 Å². The number of amides is 2. The van der Waals surface area contributed by atoms with Crippen LogP contribution in [0.25, 0.3) is 10.9 Å². The van der Waals surface area contributed by atoms with Gasteiger partial charge in [0.15, 0.2) is 0 Å². The molecule has 1 aromatic heterocycles. The first-order valence-electron chi connectivity index (χ1n) is 14.6. The summed E-state index contributed by atoms with van der Waals surface area (Å²) in [7, 11) is 0. The molecular weight excluding hydrogens is 508 g/mol. The van der Waals surface area contributed by atoms with Crippen LogP contribution >= 0.6 is 11.6 Å². The van der Waals surface area contributed by atoms with Crippen molar-refractivity contribution in [2.75, 3.05) is 26.2 Å². The zero-order valence-electron chi connectivity index (χ0n) is 22.8. The number of halogens is 1. The second kappa shape index (κ2) is 13.5. The highest BCUT2D eigenvalue weighted by atomic mass is 35.5. The molecule has 39 heavy (non-hydrogen) atoms. The standard InChI is InChI=1S/C32H41ClN4O2/c33-27-11-9-24(10-12-27)13-17-34-31(38)16-20-37(32(39)21-25-5-1-2-6-25)28-14-18-36(19-15-28)23-26-22-35-30-8-4-3-7-29(26)30/h3-4,7-12,22,25,28,35H,1-2,5-6,13-21,23H2,(H,34,38). The van der Waals surface area contributed by atoms with Crippen molar-refractivity contribution < 1.29 is 9.59 Å². The van der Waals surface area contributed by atoms with E-state index in [9.17, 15) is 9.59 Å². The Morgan fingerprint density at radius 1 is 1.00 bits per heavy atom. The molecule has 2 fully saturated rings. The van der Waals surface area contributed by atoms with Gasteiger partial charge in [-0.05, 0) is 67.3 Å². The van der Waals surface area contributed by atoms with E-state index in [1.54, 1.807) is 0 Å². The number of para-hydroxylation sites is 1. The van der Waals surface area contributed by atoms with Crippen LogP contribution in [-0.2, 0) is 22.6 Å². The fraction of sp³-hybridized carbons (Fsp3) is 0.500. The molecule has 2 aromatic carbocycles. The van der Waals surface area contributed by atoms with Gasteiger partial charge in [0.25, 0.3) is 0 Å². The number of aromatic nitrogens is 1. The summed E-state index contributed by atoms with van der Waals surface area (Å²) in [5, 5.41) is 5.05. The van der Waals surface area contributed by atoms with E-state index in [0.29, 0.717) is 36.9 Å². The number of hydrogen-bond acceptors (Lipinski definition) is 3. The number of nitrogens with one attached hydrogen (secondary N) is 2. The molecule has 1 aliphatic carbocycles. The Kier molecular flexibility index (Phi) is 9.59. The first-order valence-corrected chi connectivity index (χ1v) is 15.0. The molecule has 208 valence electrons. The van der Waals surface area contributed by atoms with Crippen LogP contribution in [0.5, 0.6) is 0 Å². The van der Waals surface area contributed by atoms with Crippen molar-refractivity contribution in [3.05, 3.63) is 70.9 Å². The minimum atomic E-state index is 0.0133. The number of fused-ring (bicyclic) bond motifs is 1. The van der Waals surface area contributed by atoms with E-state index >= 15 is 0 Å². The molecule has 7 heteroatoms. The average Bonchev–Trinajstić information content (AvgIpc) is 3.61. The molecule has 1 saturated carbocycles. The van der Waals surface area contributed by atoms with Crippen molar-refractivity contribution in [3.63, 3.8) is 0 Å². The molecule has 0 bridgehead atoms. The van der Waals surface area contributed by atoms with Crippen LogP contribution in [0.4, 0.5) is 0 Å². The summed E-state index contributed by atoms with van der Waals surface area (Å²) < 4.78 is 0. The predicted molar refractivity (Wildman–Crippen MR) is 158 cm³/mol. The quantitative estimate of drug-likeness (QED) is 0.311. The topological polar surface area (TPSA) is 68.4 Å². The first kappa shape index (κ1) is 27.7. The maximum absolute atomic E-state index is 13.5. The third kappa shape index (κ3) is 7.64. The number of hydrogen-bond donors (Lipinski definition) is 2. The lowest BCUT2D eigenvalue weighted by molar-refractivity contribution is -0.136. The lowest BCUT2D eigenvalue weighted by atomic mass is 9.98. The van der Waals surface area contributed by atoms with E-state index < -0.39 is 0 Å². The number of rotatable bonds is 11. The van der Waals surface area contributed by atoms with Crippen LogP contribution in [-0.4, -0.2) is 58.8 Å². The molecule has 5 rings (SSSR count).